The Labute approximate surface area is 112 Å². The fourth-order valence-corrected chi connectivity index (χ4v) is 3.17. The van der Waals surface area contributed by atoms with E-state index in [4.69, 9.17) is 0 Å². The number of nitrogens with zero attached hydrogens (tertiary/aromatic N) is 1. The molecule has 0 aliphatic carbocycles. The van der Waals surface area contributed by atoms with Crippen LogP contribution in [0.5, 0.6) is 0 Å². The summed E-state index contributed by atoms with van der Waals surface area (Å²) in [6.07, 6.45) is 2.19. The van der Waals surface area contributed by atoms with Crippen LogP contribution in [-0.4, -0.2) is 18.2 Å². The molecule has 1 unspecified atom stereocenters. The molecule has 0 saturated carbocycles. The van der Waals surface area contributed by atoms with E-state index in [-0.39, 0.29) is 0 Å². The van der Waals surface area contributed by atoms with Gasteiger partial charge in [-0.05, 0) is 43.4 Å². The number of aliphatic hydroxyl groups excluding tert-OH is 1. The van der Waals surface area contributed by atoms with Crippen molar-refractivity contribution in [1.82, 2.24) is 0 Å². The van der Waals surface area contributed by atoms with Crippen LogP contribution >= 0.6 is 15.9 Å². The minimum atomic E-state index is -0.418. The Balaban J connectivity index is 2.19. The molecule has 2 atom stereocenters. The van der Waals surface area contributed by atoms with Gasteiger partial charge in [-0.1, -0.05) is 28.9 Å². The van der Waals surface area contributed by atoms with Crippen molar-refractivity contribution in [3.63, 3.8) is 0 Å². The average molecular weight is 298 g/mol. The molecule has 0 bridgehead atoms. The third kappa shape index (κ3) is 3.02. The number of anilines is 1. The van der Waals surface area contributed by atoms with Crippen LogP contribution in [0.25, 0.3) is 0 Å². The van der Waals surface area contributed by atoms with E-state index in [1.807, 2.05) is 6.07 Å². The summed E-state index contributed by atoms with van der Waals surface area (Å²) in [7, 11) is 0. The van der Waals surface area contributed by atoms with E-state index in [2.05, 4.69) is 39.9 Å². The van der Waals surface area contributed by atoms with Gasteiger partial charge in [-0.15, -0.1) is 0 Å². The zero-order valence-electron chi connectivity index (χ0n) is 10.5. The Hall–Kier alpha value is -0.540. The molecule has 94 valence electrons. The van der Waals surface area contributed by atoms with Gasteiger partial charge in [0.2, 0.25) is 0 Å². The van der Waals surface area contributed by atoms with Gasteiger partial charge < -0.3 is 10.0 Å². The van der Waals surface area contributed by atoms with E-state index in [1.54, 1.807) is 6.92 Å². The quantitative estimate of drug-likeness (QED) is 0.899. The molecule has 2 nitrogen and oxygen atoms in total. The third-order valence-electron chi connectivity index (χ3n) is 3.46. The van der Waals surface area contributed by atoms with E-state index >= 15 is 0 Å². The Morgan fingerprint density at radius 1 is 1.47 bits per heavy atom. The maximum Gasteiger partial charge on any atom is 0.0772 e. The summed E-state index contributed by atoms with van der Waals surface area (Å²) < 4.78 is 1.00. The van der Waals surface area contributed by atoms with E-state index in [1.165, 1.54) is 18.5 Å². The Morgan fingerprint density at radius 3 is 2.82 bits per heavy atom. The summed E-state index contributed by atoms with van der Waals surface area (Å²) in [6, 6.07) is 6.26. The molecule has 1 saturated heterocycles. The highest BCUT2D eigenvalue weighted by Gasteiger charge is 2.17. The lowest BCUT2D eigenvalue weighted by molar-refractivity contribution is 0.198. The second-order valence-electron chi connectivity index (χ2n) is 5.08. The number of piperidine rings is 1. The zero-order chi connectivity index (χ0) is 12.4. The summed E-state index contributed by atoms with van der Waals surface area (Å²) in [5.74, 6) is 0.777. The van der Waals surface area contributed by atoms with Gasteiger partial charge in [0.25, 0.3) is 0 Å². The maximum atomic E-state index is 9.60. The van der Waals surface area contributed by atoms with Gasteiger partial charge in [-0.3, -0.25) is 0 Å². The lowest BCUT2D eigenvalue weighted by atomic mass is 9.99. The fraction of sp³-hybridized carbons (Fsp3) is 0.571. The standard InChI is InChI=1S/C14H20BrNO/c1-10-4-3-7-16(9-10)12-5-6-13(11(2)17)14(15)8-12/h5-6,8,10-11,17H,3-4,7,9H2,1-2H3/t10?,11-/m1/s1. The number of halogens is 1. The second-order valence-corrected chi connectivity index (χ2v) is 5.93. The van der Waals surface area contributed by atoms with Crippen molar-refractivity contribution < 1.29 is 5.11 Å². The topological polar surface area (TPSA) is 23.5 Å². The smallest absolute Gasteiger partial charge is 0.0772 e. The fourth-order valence-electron chi connectivity index (χ4n) is 2.48. The van der Waals surface area contributed by atoms with Crippen molar-refractivity contribution in [1.29, 1.82) is 0 Å². The average Bonchev–Trinajstić information content (AvgIpc) is 2.28. The summed E-state index contributed by atoms with van der Waals surface area (Å²) >= 11 is 3.54. The number of rotatable bonds is 2. The number of hydrogen-bond donors (Lipinski definition) is 1. The molecule has 1 fully saturated rings. The van der Waals surface area contributed by atoms with Gasteiger partial charge in [0.15, 0.2) is 0 Å². The van der Waals surface area contributed by atoms with E-state index in [0.29, 0.717) is 0 Å². The van der Waals surface area contributed by atoms with Crippen molar-refractivity contribution in [2.75, 3.05) is 18.0 Å². The minimum Gasteiger partial charge on any atom is -0.389 e. The SMILES string of the molecule is CC1CCCN(c2ccc([C@@H](C)O)c(Br)c2)C1. The Kier molecular flexibility index (Phi) is 4.10. The lowest BCUT2D eigenvalue weighted by Crippen LogP contribution is -2.34. The Bertz CT molecular complexity index is 392. The van der Waals surface area contributed by atoms with Crippen LogP contribution in [0, 0.1) is 5.92 Å². The molecule has 1 aromatic rings. The largest absolute Gasteiger partial charge is 0.389 e. The summed E-state index contributed by atoms with van der Waals surface area (Å²) in [6.45, 7) is 6.39. The number of benzene rings is 1. The van der Waals surface area contributed by atoms with E-state index in [0.717, 1.165) is 29.0 Å². The predicted molar refractivity (Wildman–Crippen MR) is 75.4 cm³/mol. The minimum absolute atomic E-state index is 0.418. The van der Waals surface area contributed by atoms with Gasteiger partial charge in [-0.2, -0.15) is 0 Å². The normalized spacial score (nSPS) is 22.6. The summed E-state index contributed by atoms with van der Waals surface area (Å²) in [5.41, 5.74) is 2.21. The number of aliphatic hydroxyl groups is 1. The lowest BCUT2D eigenvalue weighted by Gasteiger charge is -2.33. The third-order valence-corrected chi connectivity index (χ3v) is 4.14. The highest BCUT2D eigenvalue weighted by molar-refractivity contribution is 9.10. The first-order valence-corrected chi connectivity index (χ1v) is 7.09. The molecule has 1 heterocycles. The van der Waals surface area contributed by atoms with Crippen LogP contribution in [0.4, 0.5) is 5.69 Å². The van der Waals surface area contributed by atoms with Crippen molar-refractivity contribution in [3.05, 3.63) is 28.2 Å². The van der Waals surface area contributed by atoms with Crippen molar-refractivity contribution in [3.8, 4) is 0 Å². The van der Waals surface area contributed by atoms with Gasteiger partial charge in [0.05, 0.1) is 6.10 Å². The van der Waals surface area contributed by atoms with Crippen molar-refractivity contribution in [2.45, 2.75) is 32.8 Å². The first-order chi connectivity index (χ1) is 8.08. The van der Waals surface area contributed by atoms with E-state index in [9.17, 15) is 5.11 Å². The Morgan fingerprint density at radius 2 is 2.24 bits per heavy atom. The van der Waals surface area contributed by atoms with Crippen molar-refractivity contribution in [2.24, 2.45) is 5.92 Å². The van der Waals surface area contributed by atoms with Gasteiger partial charge >= 0.3 is 0 Å². The molecular formula is C14H20BrNO. The highest BCUT2D eigenvalue weighted by atomic mass is 79.9. The van der Waals surface area contributed by atoms with Gasteiger partial charge in [0.1, 0.15) is 0 Å². The van der Waals surface area contributed by atoms with Crippen LogP contribution in [0.2, 0.25) is 0 Å². The first-order valence-electron chi connectivity index (χ1n) is 6.30. The monoisotopic (exact) mass is 297 g/mol. The molecule has 17 heavy (non-hydrogen) atoms. The molecule has 1 aliphatic heterocycles. The van der Waals surface area contributed by atoms with Crippen LogP contribution in [-0.2, 0) is 0 Å². The molecule has 0 aromatic heterocycles. The number of hydrogen-bond acceptors (Lipinski definition) is 2. The van der Waals surface area contributed by atoms with Crippen LogP contribution in [0.15, 0.2) is 22.7 Å². The molecule has 0 amide bonds. The van der Waals surface area contributed by atoms with Crippen LogP contribution in [0.3, 0.4) is 0 Å². The molecule has 3 heteroatoms. The molecule has 1 N–H and O–H groups in total. The molecule has 0 radical (unpaired) electrons. The highest BCUT2D eigenvalue weighted by Crippen LogP contribution is 2.30. The van der Waals surface area contributed by atoms with Crippen LogP contribution in [0.1, 0.15) is 38.4 Å². The van der Waals surface area contributed by atoms with Crippen LogP contribution < -0.4 is 4.90 Å². The second kappa shape index (κ2) is 5.40. The summed E-state index contributed by atoms with van der Waals surface area (Å²) in [4.78, 5) is 2.44. The van der Waals surface area contributed by atoms with Gasteiger partial charge in [0, 0.05) is 23.2 Å². The molecule has 0 spiro atoms. The first kappa shape index (κ1) is 12.9. The van der Waals surface area contributed by atoms with Gasteiger partial charge in [-0.25, -0.2) is 0 Å². The molecule has 1 aliphatic rings. The van der Waals surface area contributed by atoms with E-state index < -0.39 is 6.10 Å². The predicted octanol–water partition coefficient (Wildman–Crippen LogP) is 3.74. The zero-order valence-corrected chi connectivity index (χ0v) is 12.1. The van der Waals surface area contributed by atoms with Crippen molar-refractivity contribution >= 4 is 21.6 Å². The molecule has 2 rings (SSSR count). The molecule has 1 aromatic carbocycles. The summed E-state index contributed by atoms with van der Waals surface area (Å²) in [5, 5.41) is 9.60. The molecular weight excluding hydrogens is 278 g/mol. The maximum absolute atomic E-state index is 9.60.